The van der Waals surface area contributed by atoms with Crippen LogP contribution in [0.5, 0.6) is 0 Å². The Morgan fingerprint density at radius 1 is 1.53 bits per heavy atom. The number of nitrogens with zero attached hydrogens (tertiary/aromatic N) is 4. The highest BCUT2D eigenvalue weighted by molar-refractivity contribution is 7.99. The van der Waals surface area contributed by atoms with Crippen molar-refractivity contribution in [2.24, 2.45) is 0 Å². The molecule has 0 aliphatic rings. The van der Waals surface area contributed by atoms with Crippen molar-refractivity contribution in [1.82, 2.24) is 20.2 Å². The van der Waals surface area contributed by atoms with E-state index in [0.29, 0.717) is 5.16 Å². The Labute approximate surface area is 102 Å². The number of rotatable bonds is 7. The molecule has 0 saturated carbocycles. The van der Waals surface area contributed by atoms with Crippen molar-refractivity contribution in [3.63, 3.8) is 0 Å². The van der Waals surface area contributed by atoms with Crippen LogP contribution in [0.4, 0.5) is 0 Å². The van der Waals surface area contributed by atoms with Gasteiger partial charge in [-0.25, -0.2) is 13.1 Å². The van der Waals surface area contributed by atoms with Crippen LogP contribution in [0, 0.1) is 0 Å². The zero-order valence-electron chi connectivity index (χ0n) is 9.11. The summed E-state index contributed by atoms with van der Waals surface area (Å²) in [6.07, 6.45) is 0. The van der Waals surface area contributed by atoms with Gasteiger partial charge < -0.3 is 5.11 Å². The minimum Gasteiger partial charge on any atom is -0.481 e. The Morgan fingerprint density at radius 3 is 2.82 bits per heavy atom. The second-order valence-corrected chi connectivity index (χ2v) is 6.52. The molecule has 0 radical (unpaired) electrons. The largest absolute Gasteiger partial charge is 0.481 e. The molecular formula is C7H12N4O4S2. The highest BCUT2D eigenvalue weighted by atomic mass is 32.2. The molecule has 0 aliphatic carbocycles. The Bertz CT molecular complexity index is 484. The van der Waals surface area contributed by atoms with Crippen LogP contribution >= 0.6 is 11.8 Å². The van der Waals surface area contributed by atoms with E-state index in [1.807, 2.05) is 0 Å². The summed E-state index contributed by atoms with van der Waals surface area (Å²) in [6.45, 7) is 1.69. The van der Waals surface area contributed by atoms with Gasteiger partial charge in [0, 0.05) is 5.75 Å². The molecule has 1 rings (SSSR count). The first-order valence-corrected chi connectivity index (χ1v) is 7.56. The maximum absolute atomic E-state index is 11.3. The topological polar surface area (TPSA) is 115 Å². The van der Waals surface area contributed by atoms with Gasteiger partial charge in [0.25, 0.3) is 0 Å². The van der Waals surface area contributed by atoms with Crippen molar-refractivity contribution in [2.75, 3.05) is 17.3 Å². The predicted octanol–water partition coefficient (Wildman–Crippen LogP) is -0.715. The van der Waals surface area contributed by atoms with Crippen molar-refractivity contribution >= 4 is 27.6 Å². The number of sulfone groups is 1. The van der Waals surface area contributed by atoms with Gasteiger partial charge >= 0.3 is 5.97 Å². The van der Waals surface area contributed by atoms with Crippen molar-refractivity contribution < 1.29 is 18.3 Å². The smallest absolute Gasteiger partial charge is 0.313 e. The van der Waals surface area contributed by atoms with Crippen molar-refractivity contribution in [2.45, 2.75) is 18.6 Å². The van der Waals surface area contributed by atoms with Crippen molar-refractivity contribution in [3.05, 3.63) is 0 Å². The van der Waals surface area contributed by atoms with Gasteiger partial charge in [0.2, 0.25) is 5.16 Å². The Morgan fingerprint density at radius 2 is 2.24 bits per heavy atom. The van der Waals surface area contributed by atoms with Gasteiger partial charge in [-0.1, -0.05) is 18.7 Å². The third-order valence-electron chi connectivity index (χ3n) is 1.88. The Hall–Kier alpha value is -1.16. The zero-order valence-corrected chi connectivity index (χ0v) is 10.7. The lowest BCUT2D eigenvalue weighted by Crippen LogP contribution is -2.16. The summed E-state index contributed by atoms with van der Waals surface area (Å²) in [5.74, 6) is -1.14. The summed E-state index contributed by atoms with van der Waals surface area (Å²) >= 11 is 0.952. The first-order valence-electron chi connectivity index (χ1n) is 4.76. The fourth-order valence-corrected chi connectivity index (χ4v) is 2.30. The molecule has 0 amide bonds. The third-order valence-corrected chi connectivity index (χ3v) is 4.50. The fourth-order valence-electron chi connectivity index (χ4n) is 0.936. The van der Waals surface area contributed by atoms with Crippen LogP contribution in [0.1, 0.15) is 6.92 Å². The fraction of sp³-hybridized carbons (Fsp3) is 0.714. The molecule has 0 unspecified atom stereocenters. The molecule has 0 bridgehead atoms. The second-order valence-electron chi connectivity index (χ2n) is 3.10. The predicted molar refractivity (Wildman–Crippen MR) is 60.5 cm³/mol. The minimum absolute atomic E-state index is 0.0603. The zero-order chi connectivity index (χ0) is 12.9. The lowest BCUT2D eigenvalue weighted by Gasteiger charge is -2.03. The minimum atomic E-state index is -3.09. The number of hydrogen-bond donors (Lipinski definition) is 1. The van der Waals surface area contributed by atoms with Gasteiger partial charge in [-0.15, -0.1) is 5.10 Å². The highest BCUT2D eigenvalue weighted by Crippen LogP contribution is 2.12. The monoisotopic (exact) mass is 280 g/mol. The molecule has 0 aromatic carbocycles. The van der Waals surface area contributed by atoms with E-state index in [1.54, 1.807) is 6.92 Å². The number of carboxylic acid groups (broad SMARTS) is 1. The first-order chi connectivity index (χ1) is 7.94. The number of aromatic nitrogens is 4. The van der Waals surface area contributed by atoms with E-state index in [-0.39, 0.29) is 23.8 Å². The van der Waals surface area contributed by atoms with E-state index in [9.17, 15) is 13.2 Å². The number of tetrazole rings is 1. The SMILES string of the molecule is CCS(=O)(=O)CCn1nnnc1SCC(=O)O. The Kier molecular flexibility index (Phi) is 4.87. The van der Waals surface area contributed by atoms with Crippen LogP contribution in [-0.4, -0.2) is 57.0 Å². The van der Waals surface area contributed by atoms with E-state index >= 15 is 0 Å². The number of carbonyl (C=O) groups is 1. The molecule has 96 valence electrons. The van der Waals surface area contributed by atoms with Crippen LogP contribution in [-0.2, 0) is 21.2 Å². The van der Waals surface area contributed by atoms with Gasteiger partial charge in [-0.2, -0.15) is 0 Å². The normalized spacial score (nSPS) is 11.6. The van der Waals surface area contributed by atoms with Gasteiger partial charge in [-0.05, 0) is 10.4 Å². The van der Waals surface area contributed by atoms with Gasteiger partial charge in [0.1, 0.15) is 0 Å². The maximum atomic E-state index is 11.3. The maximum Gasteiger partial charge on any atom is 0.313 e. The molecule has 0 aliphatic heterocycles. The highest BCUT2D eigenvalue weighted by Gasteiger charge is 2.12. The average Bonchev–Trinajstić information content (AvgIpc) is 2.71. The third kappa shape index (κ3) is 4.69. The Balaban J connectivity index is 2.60. The van der Waals surface area contributed by atoms with Gasteiger partial charge in [0.05, 0.1) is 18.1 Å². The molecule has 0 atom stereocenters. The second kappa shape index (κ2) is 5.96. The van der Waals surface area contributed by atoms with E-state index in [4.69, 9.17) is 5.11 Å². The lowest BCUT2D eigenvalue weighted by atomic mass is 10.8. The van der Waals surface area contributed by atoms with E-state index in [0.717, 1.165) is 11.8 Å². The molecular weight excluding hydrogens is 268 g/mol. The standard InChI is InChI=1S/C7H12N4O4S2/c1-2-17(14,15)4-3-11-7(8-9-10-11)16-5-6(12)13/h2-5H2,1H3,(H,12,13). The quantitative estimate of drug-likeness (QED) is 0.651. The summed E-state index contributed by atoms with van der Waals surface area (Å²) in [6, 6.07) is 0. The van der Waals surface area contributed by atoms with Crippen LogP contribution < -0.4 is 0 Å². The van der Waals surface area contributed by atoms with E-state index in [1.165, 1.54) is 4.68 Å². The molecule has 1 N–H and O–H groups in total. The van der Waals surface area contributed by atoms with Crippen LogP contribution in [0.2, 0.25) is 0 Å². The molecule has 17 heavy (non-hydrogen) atoms. The van der Waals surface area contributed by atoms with Crippen LogP contribution in [0.3, 0.4) is 0 Å². The number of hydrogen-bond acceptors (Lipinski definition) is 7. The number of aliphatic carboxylic acids is 1. The first kappa shape index (κ1) is 13.9. The van der Waals surface area contributed by atoms with E-state index in [2.05, 4.69) is 15.5 Å². The summed E-state index contributed by atoms with van der Waals surface area (Å²) in [4.78, 5) is 10.4. The van der Waals surface area contributed by atoms with Gasteiger partial charge in [-0.3, -0.25) is 4.79 Å². The number of thioether (sulfide) groups is 1. The molecule has 0 saturated heterocycles. The molecule has 1 aromatic heterocycles. The summed E-state index contributed by atoms with van der Waals surface area (Å²) in [5, 5.41) is 19.4. The molecule has 0 fully saturated rings. The van der Waals surface area contributed by atoms with Gasteiger partial charge in [0.15, 0.2) is 9.84 Å². The van der Waals surface area contributed by atoms with E-state index < -0.39 is 15.8 Å². The molecule has 8 nitrogen and oxygen atoms in total. The summed E-state index contributed by atoms with van der Waals surface area (Å²) < 4.78 is 23.9. The summed E-state index contributed by atoms with van der Waals surface area (Å²) in [7, 11) is -3.09. The summed E-state index contributed by atoms with van der Waals surface area (Å²) in [5.41, 5.74) is 0. The van der Waals surface area contributed by atoms with Crippen molar-refractivity contribution in [3.8, 4) is 0 Å². The number of carboxylic acids is 1. The lowest BCUT2D eigenvalue weighted by molar-refractivity contribution is -0.133. The molecule has 1 aromatic rings. The molecule has 10 heteroatoms. The van der Waals surface area contributed by atoms with Crippen LogP contribution in [0.25, 0.3) is 0 Å². The van der Waals surface area contributed by atoms with Crippen molar-refractivity contribution in [1.29, 1.82) is 0 Å². The molecule has 1 heterocycles. The molecule has 0 spiro atoms. The number of aryl methyl sites for hydroxylation is 1. The van der Waals surface area contributed by atoms with Crippen LogP contribution in [0.15, 0.2) is 5.16 Å². The average molecular weight is 280 g/mol.